The Balaban J connectivity index is 1.58. The van der Waals surface area contributed by atoms with Crippen LogP contribution in [0.2, 0.25) is 0 Å². The fraction of sp³-hybridized carbons (Fsp3) is 0.286. The van der Waals surface area contributed by atoms with Crippen LogP contribution >= 0.6 is 0 Å². The smallest absolute Gasteiger partial charge is 0.262 e. The Morgan fingerprint density at radius 2 is 1.60 bits per heavy atom. The Hall–Kier alpha value is -4.00. The van der Waals surface area contributed by atoms with Gasteiger partial charge in [0.05, 0.1) is 25.5 Å². The highest BCUT2D eigenvalue weighted by Crippen LogP contribution is 2.27. The van der Waals surface area contributed by atoms with Gasteiger partial charge in [-0.2, -0.15) is 0 Å². The fourth-order valence-electron chi connectivity index (χ4n) is 3.72. The summed E-state index contributed by atoms with van der Waals surface area (Å²) in [7, 11) is 3.17. The molecule has 2 N–H and O–H groups in total. The summed E-state index contributed by atoms with van der Waals surface area (Å²) in [5, 5.41) is 5.70. The summed E-state index contributed by atoms with van der Waals surface area (Å²) in [5.41, 5.74) is 4.99. The molecule has 0 aliphatic heterocycles. The van der Waals surface area contributed by atoms with Gasteiger partial charge in [0.2, 0.25) is 0 Å². The number of rotatable bonds is 10. The van der Waals surface area contributed by atoms with Crippen molar-refractivity contribution in [3.63, 3.8) is 0 Å². The average Bonchev–Trinajstić information content (AvgIpc) is 2.85. The molecule has 0 radical (unpaired) electrons. The van der Waals surface area contributed by atoms with Gasteiger partial charge in [-0.3, -0.25) is 9.59 Å². The van der Waals surface area contributed by atoms with Gasteiger partial charge >= 0.3 is 0 Å². The highest BCUT2D eigenvalue weighted by atomic mass is 16.5. The lowest BCUT2D eigenvalue weighted by molar-refractivity contribution is -0.118. The largest absolute Gasteiger partial charge is 0.493 e. The minimum absolute atomic E-state index is 0.154. The molecule has 0 spiro atoms. The molecular formula is C28H32N2O5. The van der Waals surface area contributed by atoms with Crippen molar-refractivity contribution in [2.45, 2.75) is 27.2 Å². The van der Waals surface area contributed by atoms with Crippen LogP contribution in [0, 0.1) is 20.8 Å². The van der Waals surface area contributed by atoms with E-state index in [2.05, 4.69) is 16.7 Å². The Labute approximate surface area is 206 Å². The van der Waals surface area contributed by atoms with Crippen molar-refractivity contribution < 1.29 is 23.8 Å². The maximum absolute atomic E-state index is 12.8. The third-order valence-corrected chi connectivity index (χ3v) is 5.72. The second-order valence-corrected chi connectivity index (χ2v) is 8.28. The highest BCUT2D eigenvalue weighted by molar-refractivity contribution is 6.04. The van der Waals surface area contributed by atoms with Crippen LogP contribution in [0.15, 0.2) is 54.6 Å². The third-order valence-electron chi connectivity index (χ3n) is 5.72. The van der Waals surface area contributed by atoms with Gasteiger partial charge in [0.1, 0.15) is 5.75 Å². The second kappa shape index (κ2) is 11.9. The van der Waals surface area contributed by atoms with E-state index in [0.29, 0.717) is 41.5 Å². The summed E-state index contributed by atoms with van der Waals surface area (Å²) in [6.07, 6.45) is 0.615. The number of carbonyl (C=O) groups excluding carboxylic acids is 2. The first-order valence-electron chi connectivity index (χ1n) is 11.4. The molecule has 2 amide bonds. The number of hydrogen-bond acceptors (Lipinski definition) is 5. The van der Waals surface area contributed by atoms with Crippen molar-refractivity contribution in [2.75, 3.05) is 32.7 Å². The van der Waals surface area contributed by atoms with E-state index in [1.165, 1.54) is 0 Å². The van der Waals surface area contributed by atoms with Gasteiger partial charge in [-0.05, 0) is 79.8 Å². The molecule has 3 aromatic carbocycles. The van der Waals surface area contributed by atoms with Gasteiger partial charge < -0.3 is 24.8 Å². The van der Waals surface area contributed by atoms with Gasteiger partial charge in [0.15, 0.2) is 18.1 Å². The van der Waals surface area contributed by atoms with E-state index in [9.17, 15) is 9.59 Å². The Morgan fingerprint density at radius 1 is 0.857 bits per heavy atom. The predicted molar refractivity (Wildman–Crippen MR) is 137 cm³/mol. The monoisotopic (exact) mass is 476 g/mol. The first-order valence-corrected chi connectivity index (χ1v) is 11.4. The van der Waals surface area contributed by atoms with Crippen molar-refractivity contribution >= 4 is 17.5 Å². The van der Waals surface area contributed by atoms with Gasteiger partial charge in [0, 0.05) is 6.54 Å². The molecule has 3 aromatic rings. The summed E-state index contributed by atoms with van der Waals surface area (Å²) in [4.78, 5) is 25.4. The minimum Gasteiger partial charge on any atom is -0.493 e. The molecule has 7 heteroatoms. The van der Waals surface area contributed by atoms with Crippen LogP contribution in [-0.4, -0.2) is 39.2 Å². The lowest BCUT2D eigenvalue weighted by Crippen LogP contribution is -2.28. The topological polar surface area (TPSA) is 85.9 Å². The fourth-order valence-corrected chi connectivity index (χ4v) is 3.72. The first kappa shape index (κ1) is 25.6. The number of ether oxygens (including phenoxy) is 3. The minimum atomic E-state index is -0.339. The zero-order valence-electron chi connectivity index (χ0n) is 20.9. The number of hydrogen-bond donors (Lipinski definition) is 2. The molecule has 0 unspecified atom stereocenters. The molecule has 0 aromatic heterocycles. The van der Waals surface area contributed by atoms with Crippen LogP contribution in [0.25, 0.3) is 0 Å². The summed E-state index contributed by atoms with van der Waals surface area (Å²) >= 11 is 0. The Kier molecular flexibility index (Phi) is 8.73. The standard InChI is InChI=1S/C28H32N2O5/c1-18-14-19(2)20(3)25(15-18)35-17-27(31)30-23-9-7-6-8-22(23)28(32)29-13-12-21-10-11-24(33-4)26(16-21)34-5/h6-11,14-16H,12-13,17H2,1-5H3,(H,29,32)(H,30,31). The maximum Gasteiger partial charge on any atom is 0.262 e. The lowest BCUT2D eigenvalue weighted by Gasteiger charge is -2.14. The van der Waals surface area contributed by atoms with Crippen molar-refractivity contribution in [3.8, 4) is 17.2 Å². The molecule has 0 fully saturated rings. The van der Waals surface area contributed by atoms with E-state index >= 15 is 0 Å². The van der Waals surface area contributed by atoms with Crippen LogP contribution in [-0.2, 0) is 11.2 Å². The van der Waals surface area contributed by atoms with E-state index in [0.717, 1.165) is 22.3 Å². The molecule has 0 heterocycles. The van der Waals surface area contributed by atoms with Gasteiger partial charge in [0.25, 0.3) is 11.8 Å². The number of anilines is 1. The van der Waals surface area contributed by atoms with Crippen molar-refractivity contribution in [1.82, 2.24) is 5.32 Å². The lowest BCUT2D eigenvalue weighted by atomic mass is 10.1. The van der Waals surface area contributed by atoms with Crippen molar-refractivity contribution in [2.24, 2.45) is 0 Å². The Morgan fingerprint density at radius 3 is 2.34 bits per heavy atom. The second-order valence-electron chi connectivity index (χ2n) is 8.28. The molecule has 0 bridgehead atoms. The summed E-state index contributed by atoms with van der Waals surface area (Å²) in [6, 6.07) is 16.5. The number of amides is 2. The molecule has 184 valence electrons. The molecular weight excluding hydrogens is 444 g/mol. The van der Waals surface area contributed by atoms with Crippen LogP contribution < -0.4 is 24.8 Å². The molecule has 35 heavy (non-hydrogen) atoms. The van der Waals surface area contributed by atoms with E-state index in [1.807, 2.05) is 45.0 Å². The number of nitrogens with one attached hydrogen (secondary N) is 2. The number of para-hydroxylation sites is 1. The van der Waals surface area contributed by atoms with E-state index in [-0.39, 0.29) is 18.4 Å². The van der Waals surface area contributed by atoms with Crippen LogP contribution in [0.1, 0.15) is 32.6 Å². The van der Waals surface area contributed by atoms with Gasteiger partial charge in [-0.25, -0.2) is 0 Å². The molecule has 0 atom stereocenters. The number of carbonyl (C=O) groups is 2. The summed E-state index contributed by atoms with van der Waals surface area (Å²) in [5.74, 6) is 1.37. The van der Waals surface area contributed by atoms with Gasteiger partial charge in [-0.1, -0.05) is 24.3 Å². The van der Waals surface area contributed by atoms with Gasteiger partial charge in [-0.15, -0.1) is 0 Å². The predicted octanol–water partition coefficient (Wildman–Crippen LogP) is 4.62. The zero-order chi connectivity index (χ0) is 25.4. The van der Waals surface area contributed by atoms with E-state index in [4.69, 9.17) is 14.2 Å². The molecule has 0 aliphatic rings. The van der Waals surface area contributed by atoms with E-state index in [1.54, 1.807) is 38.5 Å². The molecule has 3 rings (SSSR count). The SMILES string of the molecule is COc1ccc(CCNC(=O)c2ccccc2NC(=O)COc2cc(C)cc(C)c2C)cc1OC. The molecule has 0 saturated carbocycles. The first-order chi connectivity index (χ1) is 16.8. The molecule has 0 aliphatic carbocycles. The van der Waals surface area contributed by atoms with Crippen molar-refractivity contribution in [3.05, 3.63) is 82.4 Å². The average molecular weight is 477 g/mol. The van der Waals surface area contributed by atoms with Crippen LogP contribution in [0.5, 0.6) is 17.2 Å². The summed E-state index contributed by atoms with van der Waals surface area (Å²) in [6.45, 7) is 6.23. The zero-order valence-corrected chi connectivity index (χ0v) is 20.9. The number of methoxy groups -OCH3 is 2. The van der Waals surface area contributed by atoms with Crippen LogP contribution in [0.4, 0.5) is 5.69 Å². The highest BCUT2D eigenvalue weighted by Gasteiger charge is 2.14. The normalized spacial score (nSPS) is 10.4. The Bertz CT molecular complexity index is 1210. The molecule has 0 saturated heterocycles. The third kappa shape index (κ3) is 6.76. The number of benzene rings is 3. The van der Waals surface area contributed by atoms with Crippen LogP contribution in [0.3, 0.4) is 0 Å². The van der Waals surface area contributed by atoms with E-state index < -0.39 is 0 Å². The number of aryl methyl sites for hydroxylation is 2. The quantitative estimate of drug-likeness (QED) is 0.446. The summed E-state index contributed by atoms with van der Waals surface area (Å²) < 4.78 is 16.3. The molecule has 7 nitrogen and oxygen atoms in total. The maximum atomic E-state index is 12.8. The van der Waals surface area contributed by atoms with Crippen molar-refractivity contribution in [1.29, 1.82) is 0 Å².